The number of ketones is 1. The van der Waals surface area contributed by atoms with Gasteiger partial charge in [0.15, 0.2) is 5.78 Å². The van der Waals surface area contributed by atoms with E-state index < -0.39 is 0 Å². The maximum absolute atomic E-state index is 12.7. The summed E-state index contributed by atoms with van der Waals surface area (Å²) in [7, 11) is 4.06. The van der Waals surface area contributed by atoms with E-state index in [1.54, 1.807) is 0 Å². The highest BCUT2D eigenvalue weighted by Gasteiger charge is 2.27. The third-order valence-corrected chi connectivity index (χ3v) is 4.99. The predicted molar refractivity (Wildman–Crippen MR) is 95.2 cm³/mol. The van der Waals surface area contributed by atoms with Crippen LogP contribution >= 0.6 is 0 Å². The van der Waals surface area contributed by atoms with Crippen molar-refractivity contribution in [2.24, 2.45) is 0 Å². The maximum Gasteiger partial charge on any atom is 0.189 e. The Morgan fingerprint density at radius 3 is 2.35 bits per heavy atom. The van der Waals surface area contributed by atoms with Gasteiger partial charge in [-0.05, 0) is 65.8 Å². The number of hydrogen-bond acceptors (Lipinski definition) is 2. The Morgan fingerprint density at radius 2 is 1.65 bits per heavy atom. The zero-order valence-electron chi connectivity index (χ0n) is 13.7. The fraction of sp³-hybridized carbons (Fsp3) is 0.286. The third-order valence-electron chi connectivity index (χ3n) is 4.99. The van der Waals surface area contributed by atoms with Crippen LogP contribution in [0.15, 0.2) is 42.0 Å². The first-order valence-corrected chi connectivity index (χ1v) is 8.29. The second-order valence-corrected chi connectivity index (χ2v) is 6.79. The monoisotopic (exact) mass is 303 g/mol. The first kappa shape index (κ1) is 14.3. The molecule has 2 aliphatic rings. The number of carbonyl (C=O) groups is 1. The molecule has 2 aromatic carbocycles. The molecule has 116 valence electrons. The summed E-state index contributed by atoms with van der Waals surface area (Å²) >= 11 is 0. The van der Waals surface area contributed by atoms with Crippen LogP contribution in [0.5, 0.6) is 0 Å². The summed E-state index contributed by atoms with van der Waals surface area (Å²) in [6.07, 6.45) is 6.35. The summed E-state index contributed by atoms with van der Waals surface area (Å²) < 4.78 is 0. The average Bonchev–Trinajstić information content (AvgIpc) is 3.11. The molecule has 0 radical (unpaired) electrons. The van der Waals surface area contributed by atoms with Gasteiger partial charge in [0.05, 0.1) is 0 Å². The average molecular weight is 303 g/mol. The van der Waals surface area contributed by atoms with E-state index in [1.807, 2.05) is 20.2 Å². The lowest BCUT2D eigenvalue weighted by atomic mass is 10.0. The molecule has 2 heteroatoms. The lowest BCUT2D eigenvalue weighted by Gasteiger charge is -2.11. The molecular formula is C21H21NO. The Morgan fingerprint density at radius 1 is 0.957 bits per heavy atom. The minimum atomic E-state index is 0.214. The molecule has 0 saturated carbocycles. The van der Waals surface area contributed by atoms with Gasteiger partial charge in [0.2, 0.25) is 0 Å². The smallest absolute Gasteiger partial charge is 0.189 e. The molecule has 0 aliphatic heterocycles. The summed E-state index contributed by atoms with van der Waals surface area (Å²) in [6, 6.07) is 12.8. The standard InChI is InChI=1S/C21H21NO/c1-22(2)19-8-6-14(7-9-19)10-18-12-17-11-15-4-3-5-16(15)13-20(17)21(18)23/h6-11,13H,3-5,12H2,1-2H3/b18-10+. The Bertz CT molecular complexity index is 812. The van der Waals surface area contributed by atoms with Crippen LogP contribution in [0.3, 0.4) is 0 Å². The second-order valence-electron chi connectivity index (χ2n) is 6.79. The first-order valence-electron chi connectivity index (χ1n) is 8.29. The molecule has 0 atom stereocenters. The fourth-order valence-electron chi connectivity index (χ4n) is 3.68. The number of allylic oxidation sites excluding steroid dienone is 1. The normalized spacial score (nSPS) is 17.5. The molecule has 0 bridgehead atoms. The van der Waals surface area contributed by atoms with Crippen LogP contribution < -0.4 is 4.90 Å². The lowest BCUT2D eigenvalue weighted by Crippen LogP contribution is -2.07. The Hall–Kier alpha value is -2.35. The molecule has 0 spiro atoms. The quantitative estimate of drug-likeness (QED) is 0.780. The highest BCUT2D eigenvalue weighted by atomic mass is 16.1. The molecule has 0 aromatic heterocycles. The number of anilines is 1. The van der Waals surface area contributed by atoms with Crippen LogP contribution in [0.2, 0.25) is 0 Å². The van der Waals surface area contributed by atoms with E-state index in [9.17, 15) is 4.79 Å². The van der Waals surface area contributed by atoms with Gasteiger partial charge in [-0.1, -0.05) is 18.2 Å². The number of nitrogens with zero attached hydrogens (tertiary/aromatic N) is 1. The van der Waals surface area contributed by atoms with Crippen molar-refractivity contribution in [3.05, 3.63) is 69.8 Å². The first-order chi connectivity index (χ1) is 11.1. The van der Waals surface area contributed by atoms with E-state index in [1.165, 1.54) is 35.2 Å². The van der Waals surface area contributed by atoms with Crippen molar-refractivity contribution in [1.29, 1.82) is 0 Å². The van der Waals surface area contributed by atoms with E-state index in [2.05, 4.69) is 41.3 Å². The van der Waals surface area contributed by atoms with E-state index in [0.717, 1.165) is 29.5 Å². The third kappa shape index (κ3) is 2.48. The molecular weight excluding hydrogens is 282 g/mol. The van der Waals surface area contributed by atoms with Gasteiger partial charge in [-0.25, -0.2) is 0 Å². The molecule has 2 aromatic rings. The second kappa shape index (κ2) is 5.38. The lowest BCUT2D eigenvalue weighted by molar-refractivity contribution is 0.104. The van der Waals surface area contributed by atoms with Gasteiger partial charge in [-0.3, -0.25) is 4.79 Å². The van der Waals surface area contributed by atoms with E-state index >= 15 is 0 Å². The van der Waals surface area contributed by atoms with Crippen molar-refractivity contribution in [3.8, 4) is 0 Å². The summed E-state index contributed by atoms with van der Waals surface area (Å²) in [5.74, 6) is 0.214. The number of carbonyl (C=O) groups excluding carboxylic acids is 1. The van der Waals surface area contributed by atoms with Gasteiger partial charge in [0.1, 0.15) is 0 Å². The Kier molecular flexibility index (Phi) is 3.33. The number of fused-ring (bicyclic) bond motifs is 2. The minimum absolute atomic E-state index is 0.214. The molecule has 0 heterocycles. The van der Waals surface area contributed by atoms with Crippen molar-refractivity contribution in [1.82, 2.24) is 0 Å². The van der Waals surface area contributed by atoms with Gasteiger partial charge in [-0.15, -0.1) is 0 Å². The van der Waals surface area contributed by atoms with Gasteiger partial charge in [0, 0.05) is 37.3 Å². The van der Waals surface area contributed by atoms with E-state index in [-0.39, 0.29) is 5.78 Å². The molecule has 0 fully saturated rings. The van der Waals surface area contributed by atoms with E-state index in [4.69, 9.17) is 0 Å². The summed E-state index contributed by atoms with van der Waals surface area (Å²) in [6.45, 7) is 0. The van der Waals surface area contributed by atoms with Crippen molar-refractivity contribution in [3.63, 3.8) is 0 Å². The zero-order chi connectivity index (χ0) is 16.0. The van der Waals surface area contributed by atoms with Crippen molar-refractivity contribution in [2.75, 3.05) is 19.0 Å². The molecule has 23 heavy (non-hydrogen) atoms. The molecule has 4 rings (SSSR count). The summed E-state index contributed by atoms with van der Waals surface area (Å²) in [4.78, 5) is 14.8. The Labute approximate surface area is 137 Å². The van der Waals surface area contributed by atoms with Crippen LogP contribution in [0, 0.1) is 0 Å². The van der Waals surface area contributed by atoms with Gasteiger partial charge in [-0.2, -0.15) is 0 Å². The topological polar surface area (TPSA) is 20.3 Å². The maximum atomic E-state index is 12.7. The highest BCUT2D eigenvalue weighted by molar-refractivity contribution is 6.15. The number of rotatable bonds is 2. The van der Waals surface area contributed by atoms with Crippen LogP contribution in [0.4, 0.5) is 5.69 Å². The number of aryl methyl sites for hydroxylation is 2. The predicted octanol–water partition coefficient (Wildman–Crippen LogP) is 4.06. The van der Waals surface area contributed by atoms with Crippen molar-refractivity contribution >= 4 is 17.5 Å². The van der Waals surface area contributed by atoms with Gasteiger partial charge in [0.25, 0.3) is 0 Å². The van der Waals surface area contributed by atoms with Crippen LogP contribution in [0.1, 0.15) is 39.0 Å². The summed E-state index contributed by atoms with van der Waals surface area (Å²) in [5.41, 5.74) is 8.17. The molecule has 0 amide bonds. The fourth-order valence-corrected chi connectivity index (χ4v) is 3.68. The van der Waals surface area contributed by atoms with Gasteiger partial charge < -0.3 is 4.90 Å². The number of benzene rings is 2. The van der Waals surface area contributed by atoms with Crippen LogP contribution in [0.25, 0.3) is 6.08 Å². The molecule has 0 N–H and O–H groups in total. The molecule has 2 nitrogen and oxygen atoms in total. The van der Waals surface area contributed by atoms with Gasteiger partial charge >= 0.3 is 0 Å². The molecule has 0 unspecified atom stereocenters. The summed E-state index contributed by atoms with van der Waals surface area (Å²) in [5, 5.41) is 0. The number of hydrogen-bond donors (Lipinski definition) is 0. The zero-order valence-corrected chi connectivity index (χ0v) is 13.7. The molecule has 0 saturated heterocycles. The Balaban J connectivity index is 1.65. The minimum Gasteiger partial charge on any atom is -0.378 e. The SMILES string of the molecule is CN(C)c1ccc(/C=C2\Cc3cc4c(cc3C2=O)CCC4)cc1. The molecule has 2 aliphatic carbocycles. The van der Waals surface area contributed by atoms with Crippen LogP contribution in [-0.4, -0.2) is 19.9 Å². The number of Topliss-reactive ketones (excluding diaryl/α,β-unsaturated/α-hetero) is 1. The van der Waals surface area contributed by atoms with E-state index in [0.29, 0.717) is 0 Å². The largest absolute Gasteiger partial charge is 0.378 e. The highest BCUT2D eigenvalue weighted by Crippen LogP contribution is 2.33. The van der Waals surface area contributed by atoms with Crippen molar-refractivity contribution in [2.45, 2.75) is 25.7 Å². The van der Waals surface area contributed by atoms with Crippen LogP contribution in [-0.2, 0) is 19.3 Å². The van der Waals surface area contributed by atoms with Crippen molar-refractivity contribution < 1.29 is 4.79 Å².